The van der Waals surface area contributed by atoms with Crippen LogP contribution in [0.3, 0.4) is 0 Å². The van der Waals surface area contributed by atoms with E-state index in [1.54, 1.807) is 0 Å². The zero-order valence-corrected chi connectivity index (χ0v) is 7.99. The van der Waals surface area contributed by atoms with Gasteiger partial charge < -0.3 is 15.7 Å². The molecule has 0 aliphatic rings. The summed E-state index contributed by atoms with van der Waals surface area (Å²) in [4.78, 5) is 23.2. The number of carbonyl (C=O) groups is 2. The van der Waals surface area contributed by atoms with Gasteiger partial charge in [-0.3, -0.25) is 9.59 Å². The molecule has 0 aromatic rings. The van der Waals surface area contributed by atoms with Gasteiger partial charge in [0.2, 0.25) is 5.91 Å². The van der Waals surface area contributed by atoms with E-state index >= 15 is 0 Å². The fourth-order valence-corrected chi connectivity index (χ4v) is 1.03. The number of nitrogens with two attached hydrogens (primary N) is 1. The van der Waals surface area contributed by atoms with Crippen molar-refractivity contribution in [3.05, 3.63) is 0 Å². The monoisotopic (exact) mass is 188 g/mol. The number of rotatable bonds is 6. The molecule has 13 heavy (non-hydrogen) atoms. The molecule has 0 aromatic heterocycles. The Morgan fingerprint density at radius 1 is 1.38 bits per heavy atom. The topological polar surface area (TPSA) is 83.6 Å². The summed E-state index contributed by atoms with van der Waals surface area (Å²) < 4.78 is 0. The van der Waals surface area contributed by atoms with E-state index < -0.39 is 17.8 Å². The van der Waals surface area contributed by atoms with Crippen LogP contribution in [0.25, 0.3) is 0 Å². The van der Waals surface area contributed by atoms with Crippen LogP contribution in [-0.4, -0.2) is 41.5 Å². The molecule has 5 heteroatoms. The quantitative estimate of drug-likeness (QED) is 0.551. The lowest BCUT2D eigenvalue weighted by molar-refractivity contribution is -0.146. The van der Waals surface area contributed by atoms with Crippen LogP contribution in [0.5, 0.6) is 0 Å². The molecule has 1 unspecified atom stereocenters. The smallest absolute Gasteiger partial charge is 0.317 e. The summed E-state index contributed by atoms with van der Waals surface area (Å²) >= 11 is 0. The van der Waals surface area contributed by atoms with Crippen molar-refractivity contribution >= 4 is 11.9 Å². The number of carbonyl (C=O) groups excluding carboxylic acids is 1. The highest BCUT2D eigenvalue weighted by Crippen LogP contribution is 2.00. The molecule has 0 aromatic carbocycles. The van der Waals surface area contributed by atoms with Gasteiger partial charge in [0.15, 0.2) is 0 Å². The molecular formula is C8H16N2O3. The van der Waals surface area contributed by atoms with Gasteiger partial charge in [-0.15, -0.1) is 0 Å². The molecule has 0 rings (SSSR count). The highest BCUT2D eigenvalue weighted by atomic mass is 16.4. The Morgan fingerprint density at radius 2 is 1.85 bits per heavy atom. The molecule has 5 nitrogen and oxygen atoms in total. The highest BCUT2D eigenvalue weighted by molar-refractivity contribution is 5.96. The van der Waals surface area contributed by atoms with Crippen molar-refractivity contribution in [1.82, 2.24) is 4.90 Å². The molecule has 0 aliphatic heterocycles. The second kappa shape index (κ2) is 5.53. The summed E-state index contributed by atoms with van der Waals surface area (Å²) in [6.07, 6.45) is 0. The molecule has 0 spiro atoms. The van der Waals surface area contributed by atoms with Gasteiger partial charge in [-0.25, -0.2) is 0 Å². The minimum Gasteiger partial charge on any atom is -0.481 e. The predicted molar refractivity (Wildman–Crippen MR) is 48.1 cm³/mol. The number of amides is 1. The Labute approximate surface area is 77.5 Å². The average molecular weight is 188 g/mol. The molecule has 0 heterocycles. The van der Waals surface area contributed by atoms with E-state index in [9.17, 15) is 9.59 Å². The number of hydrogen-bond acceptors (Lipinski definition) is 3. The summed E-state index contributed by atoms with van der Waals surface area (Å²) in [6.45, 7) is 5.44. The molecule has 1 amide bonds. The van der Waals surface area contributed by atoms with Gasteiger partial charge in [0.05, 0.1) is 0 Å². The molecule has 76 valence electrons. The third-order valence-corrected chi connectivity index (χ3v) is 1.98. The van der Waals surface area contributed by atoms with E-state index in [1.165, 1.54) is 0 Å². The number of nitrogens with zero attached hydrogens (tertiary/aromatic N) is 1. The van der Waals surface area contributed by atoms with Crippen LogP contribution in [0, 0.1) is 5.92 Å². The van der Waals surface area contributed by atoms with E-state index in [1.807, 2.05) is 18.7 Å². The molecular weight excluding hydrogens is 172 g/mol. The zero-order valence-electron chi connectivity index (χ0n) is 7.99. The first-order valence-electron chi connectivity index (χ1n) is 4.27. The maximum absolute atomic E-state index is 10.7. The van der Waals surface area contributed by atoms with Crippen molar-refractivity contribution in [2.75, 3.05) is 19.6 Å². The van der Waals surface area contributed by atoms with E-state index in [2.05, 4.69) is 0 Å². The van der Waals surface area contributed by atoms with Gasteiger partial charge in [0.1, 0.15) is 5.92 Å². The number of carboxylic acids is 1. The summed E-state index contributed by atoms with van der Waals surface area (Å²) in [6, 6.07) is 0. The van der Waals surface area contributed by atoms with Gasteiger partial charge in [0, 0.05) is 6.54 Å². The number of hydrogen-bond donors (Lipinski definition) is 2. The molecule has 0 saturated carbocycles. The standard InChI is InChI=1S/C8H16N2O3/c1-3-10(4-2)5-6(7(9)11)8(12)13/h6H,3-5H2,1-2H3,(H2,9,11)(H,12,13). The van der Waals surface area contributed by atoms with Crippen LogP contribution < -0.4 is 5.73 Å². The molecule has 0 radical (unpaired) electrons. The highest BCUT2D eigenvalue weighted by Gasteiger charge is 2.25. The van der Waals surface area contributed by atoms with Gasteiger partial charge in [-0.2, -0.15) is 0 Å². The minimum atomic E-state index is -1.15. The molecule has 0 fully saturated rings. The van der Waals surface area contributed by atoms with Crippen molar-refractivity contribution in [2.24, 2.45) is 11.7 Å². The molecule has 3 N–H and O–H groups in total. The van der Waals surface area contributed by atoms with E-state index in [0.29, 0.717) is 13.1 Å². The largest absolute Gasteiger partial charge is 0.481 e. The van der Waals surface area contributed by atoms with E-state index in [4.69, 9.17) is 10.8 Å². The predicted octanol–water partition coefficient (Wildman–Crippen LogP) is -0.486. The summed E-state index contributed by atoms with van der Waals surface area (Å²) in [5.41, 5.74) is 4.95. The lowest BCUT2D eigenvalue weighted by Gasteiger charge is -2.20. The number of aliphatic carboxylic acids is 1. The van der Waals surface area contributed by atoms with E-state index in [0.717, 1.165) is 0 Å². The molecule has 1 atom stereocenters. The van der Waals surface area contributed by atoms with Crippen LogP contribution in [0.2, 0.25) is 0 Å². The summed E-state index contributed by atoms with van der Waals surface area (Å²) in [7, 11) is 0. The maximum atomic E-state index is 10.7. The average Bonchev–Trinajstić information content (AvgIpc) is 2.05. The molecule has 0 aliphatic carbocycles. The maximum Gasteiger partial charge on any atom is 0.317 e. The first-order valence-corrected chi connectivity index (χ1v) is 4.27. The lowest BCUT2D eigenvalue weighted by Crippen LogP contribution is -2.40. The number of primary amides is 1. The molecule has 0 saturated heterocycles. The van der Waals surface area contributed by atoms with Crippen LogP contribution in [0.4, 0.5) is 0 Å². The van der Waals surface area contributed by atoms with Gasteiger partial charge in [-0.1, -0.05) is 13.8 Å². The first kappa shape index (κ1) is 11.9. The fourth-order valence-electron chi connectivity index (χ4n) is 1.03. The SMILES string of the molecule is CCN(CC)CC(C(N)=O)C(=O)O. The second-order valence-corrected chi connectivity index (χ2v) is 2.78. The van der Waals surface area contributed by atoms with Crippen LogP contribution in [-0.2, 0) is 9.59 Å². The zero-order chi connectivity index (χ0) is 10.4. The Hall–Kier alpha value is -1.10. The first-order chi connectivity index (χ1) is 6.02. The fraction of sp³-hybridized carbons (Fsp3) is 0.750. The normalized spacial score (nSPS) is 12.8. The Morgan fingerprint density at radius 3 is 2.08 bits per heavy atom. The van der Waals surface area contributed by atoms with E-state index in [-0.39, 0.29) is 6.54 Å². The third-order valence-electron chi connectivity index (χ3n) is 1.98. The Bertz CT molecular complexity index is 176. The Balaban J connectivity index is 4.24. The van der Waals surface area contributed by atoms with Crippen LogP contribution in [0.1, 0.15) is 13.8 Å². The van der Waals surface area contributed by atoms with Gasteiger partial charge in [0.25, 0.3) is 0 Å². The van der Waals surface area contributed by atoms with Crippen molar-refractivity contribution in [1.29, 1.82) is 0 Å². The van der Waals surface area contributed by atoms with Crippen LogP contribution in [0.15, 0.2) is 0 Å². The van der Waals surface area contributed by atoms with Crippen molar-refractivity contribution in [3.8, 4) is 0 Å². The van der Waals surface area contributed by atoms with Crippen LogP contribution >= 0.6 is 0 Å². The molecule has 0 bridgehead atoms. The van der Waals surface area contributed by atoms with Crippen molar-refractivity contribution in [3.63, 3.8) is 0 Å². The number of carboxylic acid groups (broad SMARTS) is 1. The lowest BCUT2D eigenvalue weighted by atomic mass is 10.1. The summed E-state index contributed by atoms with van der Waals surface area (Å²) in [5.74, 6) is -3.03. The van der Waals surface area contributed by atoms with Gasteiger partial charge >= 0.3 is 5.97 Å². The van der Waals surface area contributed by atoms with Crippen molar-refractivity contribution in [2.45, 2.75) is 13.8 Å². The van der Waals surface area contributed by atoms with Crippen molar-refractivity contribution < 1.29 is 14.7 Å². The Kier molecular flexibility index (Phi) is 5.06. The third kappa shape index (κ3) is 3.89. The minimum absolute atomic E-state index is 0.192. The van der Waals surface area contributed by atoms with Gasteiger partial charge in [-0.05, 0) is 13.1 Å². The second-order valence-electron chi connectivity index (χ2n) is 2.78. The summed E-state index contributed by atoms with van der Waals surface area (Å²) in [5, 5.41) is 8.66.